The predicted octanol–water partition coefficient (Wildman–Crippen LogP) is 8.03. The first-order valence-electron chi connectivity index (χ1n) is 10.4. The molecule has 178 valence electrons. The predicted molar refractivity (Wildman–Crippen MR) is 116 cm³/mol. The molecule has 3 aromatic rings. The topological polar surface area (TPSA) is 12.0 Å². The van der Waals surface area contributed by atoms with Crippen molar-refractivity contribution in [3.8, 4) is 0 Å². The Morgan fingerprint density at radius 3 is 2.12 bits per heavy atom. The van der Waals surface area contributed by atoms with Gasteiger partial charge in [-0.15, -0.1) is 11.8 Å². The van der Waals surface area contributed by atoms with Crippen molar-refractivity contribution in [3.05, 3.63) is 76.9 Å². The number of halogens is 7. The van der Waals surface area contributed by atoms with Crippen LogP contribution in [0.15, 0.2) is 47.4 Å². The lowest BCUT2D eigenvalue weighted by Gasteiger charge is -2.16. The van der Waals surface area contributed by atoms with Crippen molar-refractivity contribution in [1.82, 2.24) is 5.32 Å². The van der Waals surface area contributed by atoms with E-state index in [-0.39, 0.29) is 11.8 Å². The number of alkyl halides is 3. The molecule has 3 aromatic carbocycles. The first-order chi connectivity index (χ1) is 15.6. The van der Waals surface area contributed by atoms with Crippen LogP contribution in [0, 0.1) is 23.3 Å². The van der Waals surface area contributed by atoms with E-state index in [4.69, 9.17) is 0 Å². The molecule has 3 rings (SSSR count). The van der Waals surface area contributed by atoms with Crippen LogP contribution >= 0.6 is 11.8 Å². The van der Waals surface area contributed by atoms with E-state index < -0.39 is 39.9 Å². The minimum absolute atomic E-state index is 0.103. The number of benzene rings is 3. The fourth-order valence-corrected chi connectivity index (χ4v) is 4.61. The van der Waals surface area contributed by atoms with E-state index in [1.54, 1.807) is 0 Å². The average molecular weight is 490 g/mol. The van der Waals surface area contributed by atoms with Gasteiger partial charge < -0.3 is 5.32 Å². The summed E-state index contributed by atoms with van der Waals surface area (Å²) in [7, 11) is 0. The molecule has 1 nitrogen and oxygen atoms in total. The summed E-state index contributed by atoms with van der Waals surface area (Å²) < 4.78 is 93.1. The average Bonchev–Trinajstić information content (AvgIpc) is 2.77. The Hall–Kier alpha value is -2.26. The Balaban J connectivity index is 1.48. The maximum atomic E-state index is 13.9. The highest BCUT2D eigenvalue weighted by molar-refractivity contribution is 7.99. The van der Waals surface area contributed by atoms with Gasteiger partial charge in [0.15, 0.2) is 23.3 Å². The Kier molecular flexibility index (Phi) is 8.28. The molecule has 1 atom stereocenters. The normalized spacial score (nSPS) is 13.0. The van der Waals surface area contributed by atoms with E-state index in [0.717, 1.165) is 17.2 Å². The molecule has 0 amide bonds. The van der Waals surface area contributed by atoms with Crippen LogP contribution in [-0.2, 0) is 6.18 Å². The van der Waals surface area contributed by atoms with Gasteiger partial charge in [0, 0.05) is 6.04 Å². The third-order valence-corrected chi connectivity index (χ3v) is 6.45. The van der Waals surface area contributed by atoms with E-state index in [9.17, 15) is 30.7 Å². The Labute approximate surface area is 191 Å². The summed E-state index contributed by atoms with van der Waals surface area (Å²) in [5.41, 5.74) is -1.38. The molecule has 0 aliphatic heterocycles. The largest absolute Gasteiger partial charge is 0.422 e. The molecule has 0 radical (unpaired) electrons. The fourth-order valence-electron chi connectivity index (χ4n) is 3.62. The third-order valence-electron chi connectivity index (χ3n) is 5.31. The summed E-state index contributed by atoms with van der Waals surface area (Å²) in [6.45, 7) is 2.73. The van der Waals surface area contributed by atoms with Crippen LogP contribution in [0.2, 0.25) is 0 Å². The van der Waals surface area contributed by atoms with E-state index in [0.29, 0.717) is 31.1 Å². The highest BCUT2D eigenvalue weighted by Gasteiger charge is 2.42. The van der Waals surface area contributed by atoms with Gasteiger partial charge in [-0.3, -0.25) is 0 Å². The number of unbranched alkanes of at least 4 members (excludes halogenated alkanes) is 2. The van der Waals surface area contributed by atoms with Gasteiger partial charge in [0.25, 0.3) is 0 Å². The third kappa shape index (κ3) is 5.81. The highest BCUT2D eigenvalue weighted by Crippen LogP contribution is 2.39. The zero-order valence-corrected chi connectivity index (χ0v) is 18.5. The molecular formula is C24H22F7NS. The van der Waals surface area contributed by atoms with E-state index in [2.05, 4.69) is 24.4 Å². The molecule has 0 unspecified atom stereocenters. The zero-order valence-electron chi connectivity index (χ0n) is 17.7. The molecule has 33 heavy (non-hydrogen) atoms. The van der Waals surface area contributed by atoms with Crippen molar-refractivity contribution in [2.24, 2.45) is 0 Å². The van der Waals surface area contributed by atoms with Crippen LogP contribution in [0.1, 0.15) is 43.4 Å². The molecule has 9 heteroatoms. The lowest BCUT2D eigenvalue weighted by Crippen LogP contribution is -2.20. The van der Waals surface area contributed by atoms with Gasteiger partial charge in [-0.25, -0.2) is 17.6 Å². The summed E-state index contributed by atoms with van der Waals surface area (Å²) in [5.74, 6) is -8.77. The maximum Gasteiger partial charge on any atom is 0.422 e. The van der Waals surface area contributed by atoms with Gasteiger partial charge in [-0.1, -0.05) is 48.9 Å². The smallest absolute Gasteiger partial charge is 0.310 e. The van der Waals surface area contributed by atoms with Crippen LogP contribution in [0.3, 0.4) is 0 Å². The Morgan fingerprint density at radius 1 is 0.818 bits per heavy atom. The molecule has 0 saturated carbocycles. The number of nitrogens with one attached hydrogen (secondary N) is 1. The number of rotatable bonds is 9. The van der Waals surface area contributed by atoms with Gasteiger partial charge in [0.2, 0.25) is 0 Å². The second kappa shape index (κ2) is 10.8. The first-order valence-corrected chi connectivity index (χ1v) is 11.4. The molecule has 0 spiro atoms. The monoisotopic (exact) mass is 489 g/mol. The van der Waals surface area contributed by atoms with Crippen molar-refractivity contribution < 1.29 is 30.7 Å². The SMILES string of the molecule is C[C@@H](NCCCCCSc1c(F)c(F)c(C(F)(F)F)c(F)c1F)c1cccc2ccccc12. The number of thioether (sulfide) groups is 1. The van der Waals surface area contributed by atoms with Crippen molar-refractivity contribution in [3.63, 3.8) is 0 Å². The molecule has 0 aliphatic carbocycles. The van der Waals surface area contributed by atoms with Crippen molar-refractivity contribution >= 4 is 22.5 Å². The molecule has 1 N–H and O–H groups in total. The molecule has 0 aliphatic rings. The summed E-state index contributed by atoms with van der Waals surface area (Å²) in [5, 5.41) is 5.73. The highest BCUT2D eigenvalue weighted by atomic mass is 32.2. The van der Waals surface area contributed by atoms with Crippen LogP contribution in [0.25, 0.3) is 10.8 Å². The van der Waals surface area contributed by atoms with E-state index in [1.807, 2.05) is 30.3 Å². The maximum absolute atomic E-state index is 13.9. The van der Waals surface area contributed by atoms with E-state index in [1.165, 1.54) is 5.56 Å². The summed E-state index contributed by atoms with van der Waals surface area (Å²) >= 11 is 0.466. The second-order valence-electron chi connectivity index (χ2n) is 7.61. The van der Waals surface area contributed by atoms with Crippen LogP contribution in [0.5, 0.6) is 0 Å². The van der Waals surface area contributed by atoms with Crippen LogP contribution in [0.4, 0.5) is 30.7 Å². The van der Waals surface area contributed by atoms with Crippen LogP contribution < -0.4 is 5.32 Å². The van der Waals surface area contributed by atoms with Crippen LogP contribution in [-0.4, -0.2) is 12.3 Å². The van der Waals surface area contributed by atoms with Crippen molar-refractivity contribution in [1.29, 1.82) is 0 Å². The first kappa shape index (κ1) is 25.4. The van der Waals surface area contributed by atoms with Gasteiger partial charge in [0.1, 0.15) is 5.56 Å². The van der Waals surface area contributed by atoms with Gasteiger partial charge in [-0.2, -0.15) is 13.2 Å². The Bertz CT molecular complexity index is 1080. The molecule has 0 aromatic heterocycles. The zero-order chi connectivity index (χ0) is 24.2. The summed E-state index contributed by atoms with van der Waals surface area (Å²) in [6, 6.07) is 14.3. The van der Waals surface area contributed by atoms with Gasteiger partial charge in [-0.05, 0) is 48.4 Å². The summed E-state index contributed by atoms with van der Waals surface area (Å²) in [4.78, 5) is -1.07. The molecule has 0 fully saturated rings. The van der Waals surface area contributed by atoms with Gasteiger partial charge >= 0.3 is 6.18 Å². The molecular weight excluding hydrogens is 467 g/mol. The van der Waals surface area contributed by atoms with Crippen molar-refractivity contribution in [2.75, 3.05) is 12.3 Å². The minimum Gasteiger partial charge on any atom is -0.310 e. The quantitative estimate of drug-likeness (QED) is 0.141. The number of hydrogen-bond acceptors (Lipinski definition) is 2. The molecule has 0 bridgehead atoms. The standard InChI is InChI=1S/C24H22F7NS/c1-14(16-11-7-9-15-8-3-4-10-17(15)16)32-12-5-2-6-13-33-23-21(27)19(25)18(24(29,30)31)20(26)22(23)28/h3-4,7-11,14,32H,2,5-6,12-13H2,1H3/t14-/m1/s1. The molecule has 0 heterocycles. The second-order valence-corrected chi connectivity index (χ2v) is 8.72. The van der Waals surface area contributed by atoms with E-state index >= 15 is 0 Å². The lowest BCUT2D eigenvalue weighted by molar-refractivity contribution is -0.143. The van der Waals surface area contributed by atoms with Crippen molar-refractivity contribution in [2.45, 2.75) is 43.3 Å². The van der Waals surface area contributed by atoms with Gasteiger partial charge in [0.05, 0.1) is 4.90 Å². The Morgan fingerprint density at radius 2 is 1.45 bits per heavy atom. The fraction of sp³-hybridized carbons (Fsp3) is 0.333. The summed E-state index contributed by atoms with van der Waals surface area (Å²) in [6.07, 6.45) is -3.65. The minimum atomic E-state index is -5.53. The number of hydrogen-bond donors (Lipinski definition) is 1. The number of fused-ring (bicyclic) bond motifs is 1. The molecule has 0 saturated heterocycles. The lowest BCUT2D eigenvalue weighted by atomic mass is 9.99.